The van der Waals surface area contributed by atoms with Gasteiger partial charge in [-0.2, -0.15) is 0 Å². The molecule has 0 aliphatic carbocycles. The molecule has 2 aromatic carbocycles. The van der Waals surface area contributed by atoms with Crippen molar-refractivity contribution in [1.82, 2.24) is 0 Å². The second-order valence-corrected chi connectivity index (χ2v) is 5.41. The summed E-state index contributed by atoms with van der Waals surface area (Å²) in [5.74, 6) is -0.219. The zero-order chi connectivity index (χ0) is 15.4. The fraction of sp³-hybridized carbons (Fsp3) is 0.125. The van der Waals surface area contributed by atoms with Gasteiger partial charge < -0.3 is 10.5 Å². The highest BCUT2D eigenvalue weighted by Gasteiger charge is 2.14. The number of aryl methyl sites for hydroxylation is 1. The lowest BCUT2D eigenvalue weighted by Gasteiger charge is -2.11. The van der Waals surface area contributed by atoms with Crippen LogP contribution in [0.4, 0.5) is 5.69 Å². The van der Waals surface area contributed by atoms with Crippen LogP contribution in [0, 0.1) is 6.92 Å². The van der Waals surface area contributed by atoms with E-state index in [1.807, 2.05) is 31.2 Å². The lowest BCUT2D eigenvalue weighted by atomic mass is 10.1. The highest BCUT2D eigenvalue weighted by atomic mass is 79.9. The summed E-state index contributed by atoms with van der Waals surface area (Å²) in [6.45, 7) is 3.60. The summed E-state index contributed by atoms with van der Waals surface area (Å²) < 4.78 is 0.771. The fourth-order valence-electron chi connectivity index (χ4n) is 1.97. The van der Waals surface area contributed by atoms with Crippen molar-refractivity contribution in [2.45, 2.75) is 13.8 Å². The van der Waals surface area contributed by atoms with E-state index in [2.05, 4.69) is 26.4 Å². The third kappa shape index (κ3) is 3.31. The van der Waals surface area contributed by atoms with Crippen molar-refractivity contribution in [3.63, 3.8) is 0 Å². The van der Waals surface area contributed by atoms with Crippen molar-refractivity contribution in [2.75, 3.05) is 5.32 Å². The first-order valence-electron chi connectivity index (χ1n) is 6.39. The summed E-state index contributed by atoms with van der Waals surface area (Å²) in [5.41, 5.74) is 3.27. The Hall–Kier alpha value is -2.14. The van der Waals surface area contributed by atoms with Crippen LogP contribution in [0.1, 0.15) is 28.4 Å². The summed E-state index contributed by atoms with van der Waals surface area (Å²) >= 11 is 3.43. The molecule has 2 aromatic rings. The average Bonchev–Trinajstić information content (AvgIpc) is 2.49. The van der Waals surface area contributed by atoms with Gasteiger partial charge in [0, 0.05) is 10.0 Å². The van der Waals surface area contributed by atoms with Crippen molar-refractivity contribution < 1.29 is 10.0 Å². The standard InChI is InChI=1S/C16H15BrN2O2/c1-10-6-5-8-13(15(10)17)16(20)18-14-9-4-3-7-12(14)11(2)19-21/h3-9,21H,1-2H3,(H,18,20)/b19-11-. The van der Waals surface area contributed by atoms with Gasteiger partial charge in [-0.1, -0.05) is 35.5 Å². The van der Waals surface area contributed by atoms with Crippen molar-refractivity contribution in [3.8, 4) is 0 Å². The fourth-order valence-corrected chi connectivity index (χ4v) is 2.42. The van der Waals surface area contributed by atoms with Crippen LogP contribution in [-0.2, 0) is 0 Å². The monoisotopic (exact) mass is 346 g/mol. The molecule has 0 saturated heterocycles. The zero-order valence-electron chi connectivity index (χ0n) is 11.7. The average molecular weight is 347 g/mol. The van der Waals surface area contributed by atoms with Gasteiger partial charge in [0.15, 0.2) is 0 Å². The highest BCUT2D eigenvalue weighted by Crippen LogP contribution is 2.23. The van der Waals surface area contributed by atoms with Gasteiger partial charge in [0.2, 0.25) is 0 Å². The largest absolute Gasteiger partial charge is 0.411 e. The molecule has 0 fully saturated rings. The summed E-state index contributed by atoms with van der Waals surface area (Å²) in [6, 6.07) is 12.7. The number of carbonyl (C=O) groups is 1. The Morgan fingerprint density at radius 1 is 1.14 bits per heavy atom. The quantitative estimate of drug-likeness (QED) is 0.496. The van der Waals surface area contributed by atoms with E-state index in [1.54, 1.807) is 25.1 Å². The SMILES string of the molecule is C/C(=N/O)c1ccccc1NC(=O)c1cccc(C)c1Br. The molecule has 1 amide bonds. The molecule has 0 saturated carbocycles. The van der Waals surface area contributed by atoms with E-state index in [0.29, 0.717) is 22.5 Å². The summed E-state index contributed by atoms with van der Waals surface area (Å²) in [6.07, 6.45) is 0. The van der Waals surface area contributed by atoms with Crippen LogP contribution in [0.2, 0.25) is 0 Å². The molecule has 0 aromatic heterocycles. The van der Waals surface area contributed by atoms with Gasteiger partial charge in [0.1, 0.15) is 0 Å². The summed E-state index contributed by atoms with van der Waals surface area (Å²) in [7, 11) is 0. The molecule has 0 bridgehead atoms. The van der Waals surface area contributed by atoms with Crippen LogP contribution in [0.3, 0.4) is 0 Å². The predicted molar refractivity (Wildman–Crippen MR) is 87.3 cm³/mol. The van der Waals surface area contributed by atoms with Gasteiger partial charge in [-0.15, -0.1) is 0 Å². The maximum atomic E-state index is 12.4. The van der Waals surface area contributed by atoms with Crippen LogP contribution in [0.25, 0.3) is 0 Å². The van der Waals surface area contributed by atoms with Gasteiger partial charge in [-0.25, -0.2) is 0 Å². The number of halogens is 1. The summed E-state index contributed by atoms with van der Waals surface area (Å²) in [4.78, 5) is 12.4. The number of rotatable bonds is 3. The molecule has 0 unspecified atom stereocenters. The third-order valence-corrected chi connectivity index (χ3v) is 4.20. The van der Waals surface area contributed by atoms with E-state index in [1.165, 1.54) is 0 Å². The number of hydrogen-bond acceptors (Lipinski definition) is 3. The first-order chi connectivity index (χ1) is 10.0. The topological polar surface area (TPSA) is 61.7 Å². The van der Waals surface area contributed by atoms with E-state index in [-0.39, 0.29) is 5.91 Å². The molecule has 2 N–H and O–H groups in total. The lowest BCUT2D eigenvalue weighted by Crippen LogP contribution is -2.15. The van der Waals surface area contributed by atoms with Gasteiger partial charge in [0.25, 0.3) is 5.91 Å². The smallest absolute Gasteiger partial charge is 0.256 e. The Bertz CT molecular complexity index is 711. The van der Waals surface area contributed by atoms with Gasteiger partial charge in [0.05, 0.1) is 17.0 Å². The van der Waals surface area contributed by atoms with Crippen LogP contribution >= 0.6 is 15.9 Å². The Morgan fingerprint density at radius 2 is 1.81 bits per heavy atom. The van der Waals surface area contributed by atoms with Crippen molar-refractivity contribution in [3.05, 3.63) is 63.6 Å². The minimum absolute atomic E-state index is 0.219. The van der Waals surface area contributed by atoms with E-state index >= 15 is 0 Å². The van der Waals surface area contributed by atoms with E-state index < -0.39 is 0 Å². The normalized spacial score (nSPS) is 11.3. The molecule has 0 atom stereocenters. The Morgan fingerprint density at radius 3 is 2.52 bits per heavy atom. The molecule has 4 nitrogen and oxygen atoms in total. The molecule has 21 heavy (non-hydrogen) atoms. The number of nitrogens with zero attached hydrogens (tertiary/aromatic N) is 1. The number of anilines is 1. The van der Waals surface area contributed by atoms with E-state index in [0.717, 1.165) is 10.0 Å². The number of oxime groups is 1. The van der Waals surface area contributed by atoms with Crippen molar-refractivity contribution in [2.24, 2.45) is 5.16 Å². The number of nitrogens with one attached hydrogen (secondary N) is 1. The molecule has 0 radical (unpaired) electrons. The number of amides is 1. The Labute approximate surface area is 131 Å². The zero-order valence-corrected chi connectivity index (χ0v) is 13.3. The van der Waals surface area contributed by atoms with Crippen molar-refractivity contribution >= 4 is 33.2 Å². The molecule has 108 valence electrons. The van der Waals surface area contributed by atoms with E-state index in [4.69, 9.17) is 5.21 Å². The third-order valence-electron chi connectivity index (χ3n) is 3.15. The Kier molecular flexibility index (Phi) is 4.75. The van der Waals surface area contributed by atoms with Gasteiger partial charge in [-0.3, -0.25) is 4.79 Å². The predicted octanol–water partition coefficient (Wildman–Crippen LogP) is 4.21. The van der Waals surface area contributed by atoms with Crippen LogP contribution in [0.15, 0.2) is 52.1 Å². The molecular weight excluding hydrogens is 332 g/mol. The number of para-hydroxylation sites is 1. The second-order valence-electron chi connectivity index (χ2n) is 4.62. The highest BCUT2D eigenvalue weighted by molar-refractivity contribution is 9.10. The van der Waals surface area contributed by atoms with Gasteiger partial charge >= 0.3 is 0 Å². The summed E-state index contributed by atoms with van der Waals surface area (Å²) in [5, 5.41) is 14.9. The van der Waals surface area contributed by atoms with Crippen LogP contribution in [-0.4, -0.2) is 16.8 Å². The minimum Gasteiger partial charge on any atom is -0.411 e. The maximum absolute atomic E-state index is 12.4. The number of benzene rings is 2. The molecule has 2 rings (SSSR count). The minimum atomic E-state index is -0.219. The van der Waals surface area contributed by atoms with E-state index in [9.17, 15) is 4.79 Å². The van der Waals surface area contributed by atoms with Crippen LogP contribution in [0.5, 0.6) is 0 Å². The van der Waals surface area contributed by atoms with Crippen molar-refractivity contribution in [1.29, 1.82) is 0 Å². The number of carbonyl (C=O) groups excluding carboxylic acids is 1. The Balaban J connectivity index is 2.35. The number of hydrogen-bond donors (Lipinski definition) is 2. The van der Waals surface area contributed by atoms with Crippen LogP contribution < -0.4 is 5.32 Å². The molecule has 0 aliphatic heterocycles. The molecule has 0 heterocycles. The maximum Gasteiger partial charge on any atom is 0.256 e. The second kappa shape index (κ2) is 6.54. The lowest BCUT2D eigenvalue weighted by molar-refractivity contribution is 0.102. The molecular formula is C16H15BrN2O2. The molecule has 0 spiro atoms. The molecule has 5 heteroatoms. The first-order valence-corrected chi connectivity index (χ1v) is 7.18. The molecule has 0 aliphatic rings. The first kappa shape index (κ1) is 15.3. The van der Waals surface area contributed by atoms with Gasteiger partial charge in [-0.05, 0) is 47.5 Å².